The van der Waals surface area contributed by atoms with Gasteiger partial charge in [-0.1, -0.05) is 11.6 Å². The minimum atomic E-state index is -0.679. The van der Waals surface area contributed by atoms with Gasteiger partial charge in [0.25, 0.3) is 0 Å². The first-order chi connectivity index (χ1) is 7.96. The number of likely N-dealkylation sites (tertiary alicyclic amines) is 1. The zero-order chi connectivity index (χ0) is 12.5. The summed E-state index contributed by atoms with van der Waals surface area (Å²) in [5, 5.41) is 9.52. The van der Waals surface area contributed by atoms with Crippen LogP contribution in [0.25, 0.3) is 0 Å². The molecule has 0 aromatic carbocycles. The van der Waals surface area contributed by atoms with E-state index in [4.69, 9.17) is 11.6 Å². The van der Waals surface area contributed by atoms with E-state index in [-0.39, 0.29) is 5.91 Å². The van der Waals surface area contributed by atoms with E-state index in [1.54, 1.807) is 34.9 Å². The van der Waals surface area contributed by atoms with Crippen molar-refractivity contribution in [3.8, 4) is 0 Å². The summed E-state index contributed by atoms with van der Waals surface area (Å²) in [5.74, 6) is 1.38. The maximum Gasteiger partial charge on any atom is 0.232 e. The molecule has 0 aliphatic carbocycles. The Morgan fingerprint density at radius 2 is 2.35 bits per heavy atom. The summed E-state index contributed by atoms with van der Waals surface area (Å²) in [6, 6.07) is 3.86. The Labute approximate surface area is 114 Å². The lowest BCUT2D eigenvalue weighted by atomic mass is 9.97. The van der Waals surface area contributed by atoms with E-state index in [1.807, 2.05) is 12.1 Å². The van der Waals surface area contributed by atoms with Crippen molar-refractivity contribution in [2.24, 2.45) is 0 Å². The molecule has 2 heterocycles. The topological polar surface area (TPSA) is 40.5 Å². The van der Waals surface area contributed by atoms with E-state index in [2.05, 4.69) is 0 Å². The Hall–Kier alpha value is -0.230. The molecule has 1 aliphatic heterocycles. The third-order valence-corrected chi connectivity index (χ3v) is 4.89. The number of nitrogens with zero attached hydrogens (tertiary/aromatic N) is 1. The van der Waals surface area contributed by atoms with E-state index >= 15 is 0 Å². The molecule has 94 valence electrons. The van der Waals surface area contributed by atoms with E-state index in [1.165, 1.54) is 4.88 Å². The molecule has 1 N–H and O–H groups in total. The van der Waals surface area contributed by atoms with Crippen LogP contribution in [0.5, 0.6) is 0 Å². The van der Waals surface area contributed by atoms with E-state index in [0.717, 1.165) is 10.1 Å². The second kappa shape index (κ2) is 5.18. The summed E-state index contributed by atoms with van der Waals surface area (Å²) >= 11 is 8.95. The van der Waals surface area contributed by atoms with Crippen molar-refractivity contribution in [3.63, 3.8) is 0 Å². The van der Waals surface area contributed by atoms with Crippen LogP contribution in [0.4, 0.5) is 0 Å². The van der Waals surface area contributed by atoms with E-state index in [9.17, 15) is 9.90 Å². The number of hydrogen-bond donors (Lipinski definition) is 1. The van der Waals surface area contributed by atoms with Crippen molar-refractivity contribution in [2.75, 3.05) is 18.8 Å². The normalized spacial score (nSPS) is 17.9. The molecular weight excluding hydrogens is 278 g/mol. The number of amides is 1. The SMILES string of the molecule is CC1(O)CN(C(=O)CSCc2ccc(Cl)s2)C1. The average Bonchev–Trinajstić information content (AvgIpc) is 2.60. The molecule has 17 heavy (non-hydrogen) atoms. The molecule has 1 fully saturated rings. The van der Waals surface area contributed by atoms with Gasteiger partial charge in [0.15, 0.2) is 0 Å². The quantitative estimate of drug-likeness (QED) is 0.925. The van der Waals surface area contributed by atoms with Crippen LogP contribution < -0.4 is 0 Å². The number of β-amino-alcohol motifs (C(OH)–C–C–N with tert-alkyl or cyclic N) is 1. The van der Waals surface area contributed by atoms with Crippen molar-refractivity contribution in [2.45, 2.75) is 18.3 Å². The lowest BCUT2D eigenvalue weighted by Gasteiger charge is -2.44. The predicted molar refractivity (Wildman–Crippen MR) is 72.7 cm³/mol. The van der Waals surface area contributed by atoms with Crippen LogP contribution in [0.1, 0.15) is 11.8 Å². The van der Waals surface area contributed by atoms with Gasteiger partial charge < -0.3 is 10.0 Å². The van der Waals surface area contributed by atoms with Gasteiger partial charge in [0.05, 0.1) is 28.8 Å². The lowest BCUT2D eigenvalue weighted by Crippen LogP contribution is -2.62. The highest BCUT2D eigenvalue weighted by atomic mass is 35.5. The summed E-state index contributed by atoms with van der Waals surface area (Å²) in [4.78, 5) is 14.6. The molecule has 1 aromatic heterocycles. The van der Waals surface area contributed by atoms with E-state index < -0.39 is 5.60 Å². The first-order valence-electron chi connectivity index (χ1n) is 5.28. The van der Waals surface area contributed by atoms with Gasteiger partial charge in [-0.05, 0) is 19.1 Å². The van der Waals surface area contributed by atoms with Gasteiger partial charge in [0.2, 0.25) is 5.91 Å². The monoisotopic (exact) mass is 291 g/mol. The Balaban J connectivity index is 1.67. The fraction of sp³-hybridized carbons (Fsp3) is 0.545. The minimum Gasteiger partial charge on any atom is -0.386 e. The summed E-state index contributed by atoms with van der Waals surface area (Å²) < 4.78 is 0.783. The third-order valence-electron chi connectivity index (χ3n) is 2.51. The maximum absolute atomic E-state index is 11.7. The van der Waals surface area contributed by atoms with Crippen LogP contribution in [0.3, 0.4) is 0 Å². The van der Waals surface area contributed by atoms with Crippen LogP contribution in [-0.4, -0.2) is 40.4 Å². The molecule has 0 spiro atoms. The smallest absolute Gasteiger partial charge is 0.232 e. The fourth-order valence-electron chi connectivity index (χ4n) is 1.71. The molecule has 0 unspecified atom stereocenters. The highest BCUT2D eigenvalue weighted by Gasteiger charge is 2.38. The van der Waals surface area contributed by atoms with Crippen molar-refractivity contribution in [1.29, 1.82) is 0 Å². The van der Waals surface area contributed by atoms with Crippen LogP contribution in [0.2, 0.25) is 4.34 Å². The van der Waals surface area contributed by atoms with Gasteiger partial charge in [-0.15, -0.1) is 23.1 Å². The van der Waals surface area contributed by atoms with Gasteiger partial charge >= 0.3 is 0 Å². The van der Waals surface area contributed by atoms with Gasteiger partial charge in [-0.25, -0.2) is 0 Å². The Morgan fingerprint density at radius 1 is 1.65 bits per heavy atom. The summed E-state index contributed by atoms with van der Waals surface area (Å²) in [6.07, 6.45) is 0. The molecule has 1 aromatic rings. The highest BCUT2D eigenvalue weighted by Crippen LogP contribution is 2.26. The molecule has 0 bridgehead atoms. The second-order valence-corrected chi connectivity index (χ2v) is 7.23. The zero-order valence-corrected chi connectivity index (χ0v) is 11.9. The fourth-order valence-corrected chi connectivity index (χ4v) is 3.84. The molecular formula is C11H14ClNO2S2. The zero-order valence-electron chi connectivity index (χ0n) is 9.48. The largest absolute Gasteiger partial charge is 0.386 e. The first kappa shape index (κ1) is 13.2. The molecule has 6 heteroatoms. The Bertz CT molecular complexity index is 411. The summed E-state index contributed by atoms with van der Waals surface area (Å²) in [6.45, 7) is 2.66. The van der Waals surface area contributed by atoms with Crippen LogP contribution >= 0.6 is 34.7 Å². The molecule has 0 atom stereocenters. The van der Waals surface area contributed by atoms with Crippen molar-refractivity contribution in [1.82, 2.24) is 4.90 Å². The summed E-state index contributed by atoms with van der Waals surface area (Å²) in [5.41, 5.74) is -0.679. The van der Waals surface area contributed by atoms with Gasteiger partial charge in [0, 0.05) is 10.6 Å². The molecule has 1 aliphatic rings. The number of carbonyl (C=O) groups is 1. The molecule has 0 radical (unpaired) electrons. The van der Waals surface area contributed by atoms with Crippen molar-refractivity contribution in [3.05, 3.63) is 21.3 Å². The predicted octanol–water partition coefficient (Wildman–Crippen LogP) is 2.23. The van der Waals surface area contributed by atoms with Crippen LogP contribution in [0, 0.1) is 0 Å². The lowest BCUT2D eigenvalue weighted by molar-refractivity contribution is -0.149. The number of thioether (sulfide) groups is 1. The number of aliphatic hydroxyl groups is 1. The standard InChI is InChI=1S/C11H14ClNO2S2/c1-11(15)6-13(7-11)10(14)5-16-4-8-2-3-9(12)17-8/h2-3,15H,4-7H2,1H3. The van der Waals surface area contributed by atoms with Crippen LogP contribution in [-0.2, 0) is 10.5 Å². The Kier molecular flexibility index (Phi) is 4.02. The second-order valence-electron chi connectivity index (χ2n) is 4.45. The number of halogens is 1. The molecule has 0 saturated carbocycles. The molecule has 1 saturated heterocycles. The Morgan fingerprint density at radius 3 is 2.88 bits per heavy atom. The summed E-state index contributed by atoms with van der Waals surface area (Å²) in [7, 11) is 0. The molecule has 1 amide bonds. The minimum absolute atomic E-state index is 0.101. The molecule has 3 nitrogen and oxygen atoms in total. The van der Waals surface area contributed by atoms with Gasteiger partial charge in [-0.3, -0.25) is 4.79 Å². The maximum atomic E-state index is 11.7. The third kappa shape index (κ3) is 3.61. The number of carbonyl (C=O) groups excluding carboxylic acids is 1. The van der Waals surface area contributed by atoms with Crippen LogP contribution in [0.15, 0.2) is 12.1 Å². The number of thiophene rings is 1. The van der Waals surface area contributed by atoms with Gasteiger partial charge in [-0.2, -0.15) is 0 Å². The van der Waals surface area contributed by atoms with Crippen molar-refractivity contribution >= 4 is 40.6 Å². The number of rotatable bonds is 4. The first-order valence-corrected chi connectivity index (χ1v) is 7.63. The van der Waals surface area contributed by atoms with Gasteiger partial charge in [0.1, 0.15) is 0 Å². The highest BCUT2D eigenvalue weighted by molar-refractivity contribution is 7.99. The molecule has 2 rings (SSSR count). The van der Waals surface area contributed by atoms with E-state index in [0.29, 0.717) is 18.8 Å². The van der Waals surface area contributed by atoms with Crippen molar-refractivity contribution < 1.29 is 9.90 Å². The average molecular weight is 292 g/mol. The number of hydrogen-bond acceptors (Lipinski definition) is 4.